The lowest BCUT2D eigenvalue weighted by Gasteiger charge is -2.38. The van der Waals surface area contributed by atoms with Crippen LogP contribution < -0.4 is 11.1 Å². The smallest absolute Gasteiger partial charge is 0.376 e. The Balaban J connectivity index is 0.000000229. The molecule has 2 heterocycles. The third-order valence-corrected chi connectivity index (χ3v) is 7.29. The average molecular weight is 564 g/mol. The Kier molecular flexibility index (Phi) is 11.3. The lowest BCUT2D eigenvalue weighted by molar-refractivity contribution is -0.152. The van der Waals surface area contributed by atoms with Crippen LogP contribution in [0.3, 0.4) is 0 Å². The average Bonchev–Trinajstić information content (AvgIpc) is 3.44. The number of nitrogens with zero attached hydrogens (tertiary/aromatic N) is 3. The number of methoxy groups -OCH3 is 1. The predicted molar refractivity (Wildman–Crippen MR) is 153 cm³/mol. The molecule has 2 aliphatic heterocycles. The number of amides is 2. The number of piperazine rings is 1. The Bertz CT molecular complexity index is 1260. The largest absolute Gasteiger partial charge is 0.463 e. The number of ether oxygens (including phenoxy) is 1. The maximum atomic E-state index is 12.3. The molecule has 4 rings (SSSR count). The van der Waals surface area contributed by atoms with E-state index in [-0.39, 0.29) is 30.4 Å². The van der Waals surface area contributed by atoms with Gasteiger partial charge in [-0.05, 0) is 37.4 Å². The van der Waals surface area contributed by atoms with Crippen LogP contribution in [0.4, 0.5) is 0 Å². The quantitative estimate of drug-likeness (QED) is 0.151. The summed E-state index contributed by atoms with van der Waals surface area (Å²) >= 11 is 0. The molecule has 2 aliphatic rings. The number of hydrogen-bond acceptors (Lipinski definition) is 8. The lowest BCUT2D eigenvalue weighted by Crippen LogP contribution is -2.57. The molecular weight excluding hydrogens is 526 g/mol. The van der Waals surface area contributed by atoms with E-state index in [1.54, 1.807) is 48.2 Å². The van der Waals surface area contributed by atoms with Crippen molar-refractivity contribution in [1.82, 2.24) is 15.1 Å². The highest BCUT2D eigenvalue weighted by atomic mass is 16.5. The van der Waals surface area contributed by atoms with E-state index in [1.807, 2.05) is 30.3 Å². The van der Waals surface area contributed by atoms with Crippen LogP contribution in [0.2, 0.25) is 0 Å². The number of carbonyl (C=O) groups excluding carboxylic acids is 5. The van der Waals surface area contributed by atoms with Crippen LogP contribution >= 0.6 is 0 Å². The number of nitrogens with two attached hydrogens (primary N) is 1. The molecule has 0 aromatic heterocycles. The second-order valence-corrected chi connectivity index (χ2v) is 9.80. The number of aryl methyl sites for hydroxylation is 1. The second-order valence-electron chi connectivity index (χ2n) is 9.80. The number of Topliss-reactive ketones (excluding diaryl/α,β-unsaturated/α-hetero) is 1. The Morgan fingerprint density at radius 3 is 2.39 bits per heavy atom. The molecule has 2 aromatic carbocycles. The summed E-state index contributed by atoms with van der Waals surface area (Å²) in [5.41, 5.74) is 8.22. The number of aldehydes is 1. The van der Waals surface area contributed by atoms with E-state index < -0.39 is 17.8 Å². The molecule has 0 aliphatic carbocycles. The van der Waals surface area contributed by atoms with Gasteiger partial charge < -0.3 is 30.4 Å². The summed E-state index contributed by atoms with van der Waals surface area (Å²) in [4.78, 5) is 65.8. The number of hydrogen-bond donors (Lipinski definition) is 2. The Morgan fingerprint density at radius 1 is 1.12 bits per heavy atom. The fourth-order valence-electron chi connectivity index (χ4n) is 5.06. The van der Waals surface area contributed by atoms with Gasteiger partial charge in [0.1, 0.15) is 18.2 Å². The second kappa shape index (κ2) is 14.8. The van der Waals surface area contributed by atoms with Gasteiger partial charge >= 0.3 is 5.97 Å². The molecule has 11 heteroatoms. The first-order chi connectivity index (χ1) is 19.7. The van der Waals surface area contributed by atoms with Crippen molar-refractivity contribution < 1.29 is 28.7 Å². The molecule has 2 fully saturated rings. The SMILES string of the molecule is CN=C(N)c1ccc(C(NC)C(=O)C(=O)OC)cc1.O=C[C@@H]1CC[C@H]2CN(C(=O)CCc3ccccc3)CC(=O)N21. The number of ketones is 1. The van der Waals surface area contributed by atoms with Gasteiger partial charge in [-0.3, -0.25) is 19.4 Å². The number of likely N-dealkylation sites (N-methyl/N-ethyl adjacent to an activating group) is 1. The van der Waals surface area contributed by atoms with Crippen LogP contribution in [0.5, 0.6) is 0 Å². The van der Waals surface area contributed by atoms with Crippen molar-refractivity contribution in [3.63, 3.8) is 0 Å². The molecule has 218 valence electrons. The number of rotatable bonds is 9. The summed E-state index contributed by atoms with van der Waals surface area (Å²) in [5.74, 6) is -1.19. The summed E-state index contributed by atoms with van der Waals surface area (Å²) in [5, 5.41) is 2.78. The van der Waals surface area contributed by atoms with Gasteiger partial charge in [0.2, 0.25) is 11.8 Å². The molecule has 11 nitrogen and oxygen atoms in total. The normalized spacial score (nSPS) is 19.0. The lowest BCUT2D eigenvalue weighted by atomic mass is 10.0. The first-order valence-corrected chi connectivity index (χ1v) is 13.4. The minimum atomic E-state index is -0.877. The molecule has 3 N–H and O–H groups in total. The van der Waals surface area contributed by atoms with Crippen LogP contribution in [-0.4, -0.2) is 91.9 Å². The molecule has 2 amide bonds. The fraction of sp³-hybridized carbons (Fsp3) is 0.400. The number of amidine groups is 1. The summed E-state index contributed by atoms with van der Waals surface area (Å²) in [6.45, 7) is 0.665. The molecule has 2 aromatic rings. The van der Waals surface area contributed by atoms with Gasteiger partial charge in [0.25, 0.3) is 5.78 Å². The Hall–Kier alpha value is -4.38. The number of benzene rings is 2. The highest BCUT2D eigenvalue weighted by Crippen LogP contribution is 2.27. The van der Waals surface area contributed by atoms with E-state index in [4.69, 9.17) is 5.73 Å². The minimum absolute atomic E-state index is 0.0112. The topological polar surface area (TPSA) is 151 Å². The zero-order chi connectivity index (χ0) is 29.9. The molecule has 41 heavy (non-hydrogen) atoms. The van der Waals surface area contributed by atoms with Gasteiger partial charge in [-0.1, -0.05) is 54.6 Å². The maximum absolute atomic E-state index is 12.3. The number of esters is 1. The van der Waals surface area contributed by atoms with Crippen molar-refractivity contribution in [1.29, 1.82) is 0 Å². The zero-order valence-corrected chi connectivity index (χ0v) is 23.6. The Labute approximate surface area is 239 Å². The molecular formula is C30H37N5O6. The highest BCUT2D eigenvalue weighted by molar-refractivity contribution is 6.35. The van der Waals surface area contributed by atoms with Gasteiger partial charge in [0, 0.05) is 25.6 Å². The van der Waals surface area contributed by atoms with Crippen LogP contribution in [0.1, 0.15) is 42.0 Å². The molecule has 0 bridgehead atoms. The van der Waals surface area contributed by atoms with Crippen molar-refractivity contribution in [2.45, 2.75) is 43.8 Å². The number of fused-ring (bicyclic) bond motifs is 1. The van der Waals surface area contributed by atoms with E-state index in [9.17, 15) is 24.0 Å². The van der Waals surface area contributed by atoms with Crippen molar-refractivity contribution in [3.8, 4) is 0 Å². The van der Waals surface area contributed by atoms with Crippen molar-refractivity contribution in [2.75, 3.05) is 34.3 Å². The van der Waals surface area contributed by atoms with Crippen molar-refractivity contribution in [3.05, 3.63) is 71.3 Å². The fourth-order valence-corrected chi connectivity index (χ4v) is 5.06. The summed E-state index contributed by atoms with van der Waals surface area (Å²) in [6, 6.07) is 15.8. The number of aliphatic imine (C=N–C) groups is 1. The van der Waals surface area contributed by atoms with Gasteiger partial charge in [-0.15, -0.1) is 0 Å². The van der Waals surface area contributed by atoms with Gasteiger partial charge in [0.05, 0.1) is 25.7 Å². The highest BCUT2D eigenvalue weighted by Gasteiger charge is 2.42. The zero-order valence-electron chi connectivity index (χ0n) is 23.6. The van der Waals surface area contributed by atoms with Gasteiger partial charge in [0.15, 0.2) is 0 Å². The van der Waals surface area contributed by atoms with Crippen LogP contribution in [-0.2, 0) is 35.1 Å². The predicted octanol–water partition coefficient (Wildman–Crippen LogP) is 1.04. The summed E-state index contributed by atoms with van der Waals surface area (Å²) in [6.07, 6.45) is 3.48. The third-order valence-electron chi connectivity index (χ3n) is 7.29. The van der Waals surface area contributed by atoms with Crippen LogP contribution in [0.25, 0.3) is 0 Å². The number of carbonyl (C=O) groups is 5. The summed E-state index contributed by atoms with van der Waals surface area (Å²) < 4.78 is 4.43. The maximum Gasteiger partial charge on any atom is 0.376 e. The van der Waals surface area contributed by atoms with Crippen LogP contribution in [0, 0.1) is 0 Å². The first-order valence-electron chi connectivity index (χ1n) is 13.4. The van der Waals surface area contributed by atoms with E-state index in [0.717, 1.165) is 23.8 Å². The van der Waals surface area contributed by atoms with Gasteiger partial charge in [-0.2, -0.15) is 0 Å². The van der Waals surface area contributed by atoms with Crippen molar-refractivity contribution in [2.24, 2.45) is 10.7 Å². The molecule has 0 spiro atoms. The molecule has 0 saturated carbocycles. The standard InChI is InChI=1S/C17H20N2O3.C13H17N3O3/c20-12-15-8-7-14-10-18(11-17(22)19(14)15)16(21)9-6-13-4-2-1-3-5-13;1-15-10(11(17)13(18)19-3)8-4-6-9(7-5-8)12(14)16-2/h1-5,12,14-15H,6-11H2;4-7,10,15H,1-3H3,(H2,14,16)/t14-,15-;/m0./s1. The summed E-state index contributed by atoms with van der Waals surface area (Å²) in [7, 11) is 4.37. The van der Waals surface area contributed by atoms with E-state index in [0.29, 0.717) is 37.2 Å². The minimum Gasteiger partial charge on any atom is -0.463 e. The van der Waals surface area contributed by atoms with Crippen molar-refractivity contribution >= 4 is 35.7 Å². The van der Waals surface area contributed by atoms with Gasteiger partial charge in [-0.25, -0.2) is 4.79 Å². The molecule has 3 atom stereocenters. The molecule has 2 saturated heterocycles. The first kappa shape index (κ1) is 31.2. The molecule has 1 unspecified atom stereocenters. The Morgan fingerprint density at radius 2 is 1.80 bits per heavy atom. The monoisotopic (exact) mass is 563 g/mol. The number of nitrogens with one attached hydrogen (secondary N) is 1. The molecule has 0 radical (unpaired) electrons. The van der Waals surface area contributed by atoms with Crippen LogP contribution in [0.15, 0.2) is 59.6 Å². The van der Waals surface area contributed by atoms with E-state index in [1.165, 1.54) is 7.11 Å². The van der Waals surface area contributed by atoms with E-state index >= 15 is 0 Å². The van der Waals surface area contributed by atoms with E-state index in [2.05, 4.69) is 15.0 Å². The third kappa shape index (κ3) is 7.85.